The number of hydrogen-bond acceptors (Lipinski definition) is 2. The van der Waals surface area contributed by atoms with Gasteiger partial charge in [-0.25, -0.2) is 0 Å². The van der Waals surface area contributed by atoms with Gasteiger partial charge < -0.3 is 9.55 Å². The quantitative estimate of drug-likeness (QED) is 0.794. The summed E-state index contributed by atoms with van der Waals surface area (Å²) < 4.78 is 2.87. The smallest absolute Gasteiger partial charge is 0.177 e. The van der Waals surface area contributed by atoms with E-state index < -0.39 is 0 Å². The minimum atomic E-state index is 0.804. The van der Waals surface area contributed by atoms with Gasteiger partial charge in [-0.05, 0) is 42.6 Å². The lowest BCUT2D eigenvalue weighted by Crippen LogP contribution is -1.99. The predicted octanol–water partition coefficient (Wildman–Crippen LogP) is 3.16. The molecule has 0 aliphatic heterocycles. The Hall–Kier alpha value is -0.870. The highest BCUT2D eigenvalue weighted by Crippen LogP contribution is 2.15. The Kier molecular flexibility index (Phi) is 2.84. The van der Waals surface area contributed by atoms with Crippen LogP contribution < -0.4 is 0 Å². The van der Waals surface area contributed by atoms with Crippen molar-refractivity contribution in [3.05, 3.63) is 39.1 Å². The molecule has 2 heterocycles. The number of aryl methyl sites for hydroxylation is 3. The minimum Gasteiger partial charge on any atom is -0.337 e. The number of aromatic amines is 1. The molecule has 2 rings (SSSR count). The van der Waals surface area contributed by atoms with E-state index in [1.807, 2.05) is 12.4 Å². The summed E-state index contributed by atoms with van der Waals surface area (Å²) in [6.07, 6.45) is 4.92. The van der Waals surface area contributed by atoms with Crippen molar-refractivity contribution >= 4 is 23.6 Å². The van der Waals surface area contributed by atoms with E-state index in [4.69, 9.17) is 12.2 Å². The Balaban J connectivity index is 2.05. The molecule has 2 aromatic rings. The molecule has 0 spiro atoms. The average Bonchev–Trinajstić information content (AvgIpc) is 2.72. The lowest BCUT2D eigenvalue weighted by Gasteiger charge is -2.01. The van der Waals surface area contributed by atoms with Crippen molar-refractivity contribution in [1.82, 2.24) is 9.55 Å². The lowest BCUT2D eigenvalue weighted by molar-refractivity contribution is 0.686. The van der Waals surface area contributed by atoms with Crippen molar-refractivity contribution in [2.24, 2.45) is 0 Å². The summed E-state index contributed by atoms with van der Waals surface area (Å²) in [5.74, 6) is 0. The van der Waals surface area contributed by atoms with Crippen LogP contribution in [0.25, 0.3) is 0 Å². The van der Waals surface area contributed by atoms with E-state index in [2.05, 4.69) is 27.9 Å². The molecule has 0 saturated carbocycles. The maximum Gasteiger partial charge on any atom is 0.177 e. The van der Waals surface area contributed by atoms with Crippen LogP contribution in [0.4, 0.5) is 0 Å². The molecule has 4 heteroatoms. The number of aromatic nitrogens is 2. The highest BCUT2D eigenvalue weighted by molar-refractivity contribution is 7.71. The highest BCUT2D eigenvalue weighted by atomic mass is 32.1. The monoisotopic (exact) mass is 224 g/mol. The van der Waals surface area contributed by atoms with Gasteiger partial charge in [0.25, 0.3) is 0 Å². The molecule has 0 bridgehead atoms. The van der Waals surface area contributed by atoms with E-state index in [9.17, 15) is 0 Å². The molecule has 0 amide bonds. The van der Waals surface area contributed by atoms with E-state index in [1.54, 1.807) is 11.3 Å². The molecule has 0 aliphatic rings. The van der Waals surface area contributed by atoms with Crippen LogP contribution in [0.5, 0.6) is 0 Å². The predicted molar refractivity (Wildman–Crippen MR) is 62.4 cm³/mol. The van der Waals surface area contributed by atoms with E-state index in [0.717, 1.165) is 17.7 Å². The van der Waals surface area contributed by atoms with Crippen molar-refractivity contribution in [3.63, 3.8) is 0 Å². The Morgan fingerprint density at radius 3 is 3.00 bits per heavy atom. The van der Waals surface area contributed by atoms with Crippen LogP contribution >= 0.6 is 23.6 Å². The van der Waals surface area contributed by atoms with E-state index >= 15 is 0 Å². The number of imidazole rings is 1. The second-order valence-electron chi connectivity index (χ2n) is 3.21. The van der Waals surface area contributed by atoms with Crippen molar-refractivity contribution in [2.45, 2.75) is 19.9 Å². The number of rotatable bonds is 3. The number of nitrogens with one attached hydrogen (secondary N) is 1. The molecule has 14 heavy (non-hydrogen) atoms. The molecular weight excluding hydrogens is 212 g/mol. The fourth-order valence-corrected chi connectivity index (χ4v) is 2.41. The number of thiophene rings is 1. The summed E-state index contributed by atoms with van der Waals surface area (Å²) in [7, 11) is 0. The molecule has 0 saturated heterocycles. The maximum absolute atomic E-state index is 5.12. The van der Waals surface area contributed by atoms with Crippen LogP contribution in [0.1, 0.15) is 10.4 Å². The standard InChI is InChI=1S/C10H12N2S2/c1-8-9(3-7-14-8)2-5-12-6-4-11-10(12)13/h3-4,6-7H,2,5H2,1H3,(H,11,13). The zero-order valence-corrected chi connectivity index (χ0v) is 9.62. The third-order valence-corrected chi connectivity index (χ3v) is 3.55. The summed E-state index contributed by atoms with van der Waals surface area (Å²) in [6.45, 7) is 3.12. The topological polar surface area (TPSA) is 20.7 Å². The van der Waals surface area contributed by atoms with Gasteiger partial charge in [-0.2, -0.15) is 0 Å². The molecule has 1 N–H and O–H groups in total. The van der Waals surface area contributed by atoms with Crippen molar-refractivity contribution in [3.8, 4) is 0 Å². The first-order valence-electron chi connectivity index (χ1n) is 4.54. The third-order valence-electron chi connectivity index (χ3n) is 2.31. The SMILES string of the molecule is Cc1sccc1CCn1cc[nH]c1=S. The van der Waals surface area contributed by atoms with Crippen LogP contribution in [-0.4, -0.2) is 9.55 Å². The van der Waals surface area contributed by atoms with Gasteiger partial charge in [0.05, 0.1) is 0 Å². The zero-order valence-electron chi connectivity index (χ0n) is 7.99. The van der Waals surface area contributed by atoms with Crippen LogP contribution in [0.3, 0.4) is 0 Å². The summed E-state index contributed by atoms with van der Waals surface area (Å²) in [4.78, 5) is 4.40. The maximum atomic E-state index is 5.12. The number of hydrogen-bond donors (Lipinski definition) is 1. The van der Waals surface area contributed by atoms with Crippen molar-refractivity contribution in [1.29, 1.82) is 0 Å². The Bertz CT molecular complexity index is 464. The van der Waals surface area contributed by atoms with Gasteiger partial charge in [0.15, 0.2) is 4.77 Å². The fraction of sp³-hybridized carbons (Fsp3) is 0.300. The van der Waals surface area contributed by atoms with E-state index in [0.29, 0.717) is 0 Å². The Labute approximate surface area is 92.2 Å². The lowest BCUT2D eigenvalue weighted by atomic mass is 10.2. The molecule has 0 radical (unpaired) electrons. The Morgan fingerprint density at radius 2 is 2.43 bits per heavy atom. The van der Waals surface area contributed by atoms with Gasteiger partial charge >= 0.3 is 0 Å². The second-order valence-corrected chi connectivity index (χ2v) is 4.72. The Morgan fingerprint density at radius 1 is 1.57 bits per heavy atom. The number of H-pyrrole nitrogens is 1. The molecule has 2 nitrogen and oxygen atoms in total. The van der Waals surface area contributed by atoms with Gasteiger partial charge in [0.1, 0.15) is 0 Å². The average molecular weight is 224 g/mol. The first-order chi connectivity index (χ1) is 6.77. The third kappa shape index (κ3) is 1.96. The number of nitrogens with zero attached hydrogens (tertiary/aromatic N) is 1. The van der Waals surface area contributed by atoms with Gasteiger partial charge in [0.2, 0.25) is 0 Å². The van der Waals surface area contributed by atoms with Crippen molar-refractivity contribution < 1.29 is 0 Å². The molecule has 0 atom stereocenters. The van der Waals surface area contributed by atoms with E-state index in [-0.39, 0.29) is 0 Å². The molecule has 74 valence electrons. The fourth-order valence-electron chi connectivity index (χ4n) is 1.44. The van der Waals surface area contributed by atoms with E-state index in [1.165, 1.54) is 10.4 Å². The summed E-state index contributed by atoms with van der Waals surface area (Å²) in [5.41, 5.74) is 1.43. The van der Waals surface area contributed by atoms with Crippen LogP contribution in [0, 0.1) is 11.7 Å². The molecular formula is C10H12N2S2. The molecule has 2 aromatic heterocycles. The van der Waals surface area contributed by atoms with Gasteiger partial charge in [-0.15, -0.1) is 11.3 Å². The normalized spacial score (nSPS) is 10.6. The highest BCUT2D eigenvalue weighted by Gasteiger charge is 1.99. The second kappa shape index (κ2) is 4.11. The zero-order chi connectivity index (χ0) is 9.97. The molecule has 0 aliphatic carbocycles. The minimum absolute atomic E-state index is 0.804. The van der Waals surface area contributed by atoms with Gasteiger partial charge in [-0.3, -0.25) is 0 Å². The van der Waals surface area contributed by atoms with Crippen molar-refractivity contribution in [2.75, 3.05) is 0 Å². The molecule has 0 aromatic carbocycles. The summed E-state index contributed by atoms with van der Waals surface area (Å²) in [5, 5.41) is 2.14. The molecule has 0 fully saturated rings. The van der Waals surface area contributed by atoms with Crippen LogP contribution in [0.15, 0.2) is 23.8 Å². The van der Waals surface area contributed by atoms with Gasteiger partial charge in [-0.1, -0.05) is 0 Å². The van der Waals surface area contributed by atoms with Gasteiger partial charge in [0, 0.05) is 23.8 Å². The summed E-state index contributed by atoms with van der Waals surface area (Å²) >= 11 is 6.93. The summed E-state index contributed by atoms with van der Waals surface area (Å²) in [6, 6.07) is 2.19. The van der Waals surface area contributed by atoms with Crippen LogP contribution in [0.2, 0.25) is 0 Å². The first-order valence-corrected chi connectivity index (χ1v) is 5.83. The largest absolute Gasteiger partial charge is 0.337 e. The van der Waals surface area contributed by atoms with Crippen LogP contribution in [-0.2, 0) is 13.0 Å². The first kappa shape index (κ1) is 9.68. The molecule has 0 unspecified atom stereocenters.